The summed E-state index contributed by atoms with van der Waals surface area (Å²) in [5, 5.41) is 19.1. The average Bonchev–Trinajstić information content (AvgIpc) is 2.94. The van der Waals surface area contributed by atoms with E-state index in [1.165, 1.54) is 0 Å². The number of hydrogen-bond acceptors (Lipinski definition) is 5. The van der Waals surface area contributed by atoms with Crippen molar-refractivity contribution in [3.05, 3.63) is 11.7 Å². The Bertz CT molecular complexity index is 475. The van der Waals surface area contributed by atoms with Crippen LogP contribution in [0, 0.1) is 5.92 Å². The second-order valence-electron chi connectivity index (χ2n) is 6.27. The summed E-state index contributed by atoms with van der Waals surface area (Å²) in [6.45, 7) is 5.07. The van der Waals surface area contributed by atoms with Crippen LogP contribution in [0.4, 0.5) is 4.79 Å². The normalized spacial score (nSPS) is 21.8. The van der Waals surface area contributed by atoms with Gasteiger partial charge < -0.3 is 20.3 Å². The summed E-state index contributed by atoms with van der Waals surface area (Å²) in [4.78, 5) is 16.0. The summed E-state index contributed by atoms with van der Waals surface area (Å²) in [6, 6.07) is -0.191. The fourth-order valence-corrected chi connectivity index (χ4v) is 2.63. The molecule has 2 atom stereocenters. The van der Waals surface area contributed by atoms with Gasteiger partial charge in [-0.05, 0) is 25.2 Å². The molecule has 22 heavy (non-hydrogen) atoms. The Balaban J connectivity index is 1.61. The highest BCUT2D eigenvalue weighted by atomic mass is 16.5. The van der Waals surface area contributed by atoms with Gasteiger partial charge in [-0.25, -0.2) is 4.79 Å². The number of urea groups is 1. The van der Waals surface area contributed by atoms with Gasteiger partial charge in [0.15, 0.2) is 5.82 Å². The summed E-state index contributed by atoms with van der Waals surface area (Å²) in [6.07, 6.45) is 4.07. The van der Waals surface area contributed by atoms with E-state index in [2.05, 4.69) is 20.8 Å². The molecule has 0 saturated heterocycles. The predicted molar refractivity (Wildman–Crippen MR) is 81.5 cm³/mol. The van der Waals surface area contributed by atoms with Gasteiger partial charge >= 0.3 is 6.03 Å². The van der Waals surface area contributed by atoms with Crippen LogP contribution in [-0.2, 0) is 6.42 Å². The van der Waals surface area contributed by atoms with Crippen LogP contribution in [0.3, 0.4) is 0 Å². The first-order valence-electron chi connectivity index (χ1n) is 8.07. The summed E-state index contributed by atoms with van der Waals surface area (Å²) in [7, 11) is 0. The Kier molecular flexibility index (Phi) is 6.18. The number of rotatable bonds is 6. The molecule has 2 amide bonds. The lowest BCUT2D eigenvalue weighted by Crippen LogP contribution is -2.40. The molecule has 1 saturated carbocycles. The largest absolute Gasteiger partial charge is 0.393 e. The minimum absolute atomic E-state index is 0.191. The molecule has 0 aromatic carbocycles. The molecule has 0 radical (unpaired) electrons. The smallest absolute Gasteiger partial charge is 0.314 e. The standard InChI is InChI=1S/C15H26N4O3/c1-10(2)14-18-13(22-19-14)6-7-16-15(21)17-9-11-4-3-5-12(20)8-11/h10-12,20H,3-9H2,1-2H3,(H2,16,17,21). The Hall–Kier alpha value is -1.63. The number of nitrogens with one attached hydrogen (secondary N) is 2. The zero-order valence-corrected chi connectivity index (χ0v) is 13.3. The van der Waals surface area contributed by atoms with E-state index in [9.17, 15) is 9.90 Å². The number of amides is 2. The summed E-state index contributed by atoms with van der Waals surface area (Å²) in [5.74, 6) is 1.84. The molecule has 0 spiro atoms. The minimum atomic E-state index is -0.212. The van der Waals surface area contributed by atoms with Crippen molar-refractivity contribution < 1.29 is 14.4 Å². The molecule has 1 aromatic heterocycles. The molecule has 1 aliphatic rings. The van der Waals surface area contributed by atoms with Crippen molar-refractivity contribution in [2.24, 2.45) is 5.92 Å². The third-order valence-electron chi connectivity index (χ3n) is 3.93. The van der Waals surface area contributed by atoms with E-state index in [1.807, 2.05) is 13.8 Å². The first-order chi connectivity index (χ1) is 10.5. The van der Waals surface area contributed by atoms with Gasteiger partial charge in [0.25, 0.3) is 0 Å². The predicted octanol–water partition coefficient (Wildman–Crippen LogP) is 1.59. The number of aliphatic hydroxyl groups excluding tert-OH is 1. The van der Waals surface area contributed by atoms with E-state index in [-0.39, 0.29) is 18.1 Å². The monoisotopic (exact) mass is 310 g/mol. The van der Waals surface area contributed by atoms with Crippen molar-refractivity contribution >= 4 is 6.03 Å². The molecule has 7 nitrogen and oxygen atoms in total. The Labute approximate surface area is 130 Å². The molecular weight excluding hydrogens is 284 g/mol. The van der Waals surface area contributed by atoms with Gasteiger partial charge in [-0.1, -0.05) is 25.4 Å². The zero-order chi connectivity index (χ0) is 15.9. The lowest BCUT2D eigenvalue weighted by Gasteiger charge is -2.25. The molecule has 124 valence electrons. The van der Waals surface area contributed by atoms with Crippen LogP contribution < -0.4 is 10.6 Å². The highest BCUT2D eigenvalue weighted by molar-refractivity contribution is 5.73. The van der Waals surface area contributed by atoms with Crippen LogP contribution in [0.15, 0.2) is 4.52 Å². The first-order valence-corrected chi connectivity index (χ1v) is 8.07. The second-order valence-corrected chi connectivity index (χ2v) is 6.27. The van der Waals surface area contributed by atoms with Gasteiger partial charge in [-0.2, -0.15) is 4.98 Å². The number of carbonyl (C=O) groups is 1. The molecule has 2 rings (SSSR count). The van der Waals surface area contributed by atoms with Crippen LogP contribution in [0.5, 0.6) is 0 Å². The van der Waals surface area contributed by atoms with Gasteiger partial charge in [0.05, 0.1) is 6.10 Å². The second kappa shape index (κ2) is 8.12. The van der Waals surface area contributed by atoms with E-state index in [0.717, 1.165) is 25.7 Å². The first kappa shape index (κ1) is 16.7. The van der Waals surface area contributed by atoms with Crippen LogP contribution in [0.25, 0.3) is 0 Å². The topological polar surface area (TPSA) is 100 Å². The summed E-state index contributed by atoms with van der Waals surface area (Å²) >= 11 is 0. The average molecular weight is 310 g/mol. The van der Waals surface area contributed by atoms with Crippen LogP contribution >= 0.6 is 0 Å². The number of aliphatic hydroxyl groups is 1. The van der Waals surface area contributed by atoms with Gasteiger partial charge in [-0.15, -0.1) is 0 Å². The minimum Gasteiger partial charge on any atom is -0.393 e. The van der Waals surface area contributed by atoms with Gasteiger partial charge in [-0.3, -0.25) is 0 Å². The number of nitrogens with zero attached hydrogens (tertiary/aromatic N) is 2. The van der Waals surface area contributed by atoms with Gasteiger partial charge in [0, 0.05) is 25.4 Å². The van der Waals surface area contributed by atoms with Crippen molar-refractivity contribution in [2.75, 3.05) is 13.1 Å². The van der Waals surface area contributed by atoms with Crippen molar-refractivity contribution in [3.8, 4) is 0 Å². The SMILES string of the molecule is CC(C)c1noc(CCNC(=O)NCC2CCCC(O)C2)n1. The maximum Gasteiger partial charge on any atom is 0.314 e. The van der Waals surface area contributed by atoms with Gasteiger partial charge in [0.1, 0.15) is 0 Å². The highest BCUT2D eigenvalue weighted by Gasteiger charge is 2.20. The van der Waals surface area contributed by atoms with Crippen LogP contribution in [0.1, 0.15) is 57.2 Å². The van der Waals surface area contributed by atoms with Crippen LogP contribution in [0.2, 0.25) is 0 Å². The quantitative estimate of drug-likeness (QED) is 0.741. The van der Waals surface area contributed by atoms with E-state index in [0.29, 0.717) is 37.1 Å². The van der Waals surface area contributed by atoms with E-state index >= 15 is 0 Å². The van der Waals surface area contributed by atoms with Gasteiger partial charge in [0.2, 0.25) is 5.89 Å². The summed E-state index contributed by atoms with van der Waals surface area (Å²) < 4.78 is 5.11. The zero-order valence-electron chi connectivity index (χ0n) is 13.3. The number of hydrogen-bond donors (Lipinski definition) is 3. The third kappa shape index (κ3) is 5.29. The maximum atomic E-state index is 11.7. The third-order valence-corrected chi connectivity index (χ3v) is 3.93. The van der Waals surface area contributed by atoms with Crippen molar-refractivity contribution in [2.45, 2.75) is 58.0 Å². The Morgan fingerprint density at radius 2 is 2.23 bits per heavy atom. The lowest BCUT2D eigenvalue weighted by molar-refractivity contribution is 0.101. The molecule has 1 heterocycles. The molecule has 7 heteroatoms. The molecule has 1 aromatic rings. The highest BCUT2D eigenvalue weighted by Crippen LogP contribution is 2.23. The fraction of sp³-hybridized carbons (Fsp3) is 0.800. The molecule has 1 aliphatic carbocycles. The molecule has 3 N–H and O–H groups in total. The lowest BCUT2D eigenvalue weighted by atomic mass is 9.87. The number of carbonyl (C=O) groups excluding carboxylic acids is 1. The molecule has 2 unspecified atom stereocenters. The van der Waals surface area contributed by atoms with E-state index in [4.69, 9.17) is 4.52 Å². The van der Waals surface area contributed by atoms with Crippen LogP contribution in [-0.4, -0.2) is 40.5 Å². The van der Waals surface area contributed by atoms with E-state index in [1.54, 1.807) is 0 Å². The van der Waals surface area contributed by atoms with Crippen molar-refractivity contribution in [1.29, 1.82) is 0 Å². The molecular formula is C15H26N4O3. The number of aromatic nitrogens is 2. The molecule has 0 bridgehead atoms. The molecule has 0 aliphatic heterocycles. The fourth-order valence-electron chi connectivity index (χ4n) is 2.63. The molecule has 1 fully saturated rings. The summed E-state index contributed by atoms with van der Waals surface area (Å²) in [5.41, 5.74) is 0. The van der Waals surface area contributed by atoms with E-state index < -0.39 is 0 Å². The van der Waals surface area contributed by atoms with Crippen molar-refractivity contribution in [1.82, 2.24) is 20.8 Å². The Morgan fingerprint density at radius 1 is 1.41 bits per heavy atom. The Morgan fingerprint density at radius 3 is 2.91 bits per heavy atom. The maximum absolute atomic E-state index is 11.7. The van der Waals surface area contributed by atoms with Crippen molar-refractivity contribution in [3.63, 3.8) is 0 Å².